The number of phenols is 1. The van der Waals surface area contributed by atoms with E-state index >= 15 is 0 Å². The Labute approximate surface area is 110 Å². The van der Waals surface area contributed by atoms with Crippen molar-refractivity contribution in [1.29, 1.82) is 0 Å². The monoisotopic (exact) mass is 272 g/mol. The lowest BCUT2D eigenvalue weighted by Gasteiger charge is -2.36. The quantitative estimate of drug-likeness (QED) is 0.788. The second-order valence-electron chi connectivity index (χ2n) is 5.96. The topological polar surface area (TPSA) is 29.5 Å². The Hall–Kier alpha value is -0.673. The summed E-state index contributed by atoms with van der Waals surface area (Å²) in [5, 5.41) is 10.4. The summed E-state index contributed by atoms with van der Waals surface area (Å²) in [4.78, 5) is 0. The summed E-state index contributed by atoms with van der Waals surface area (Å²) in [6.07, 6.45) is 0. The zero-order chi connectivity index (χ0) is 13.4. The Morgan fingerprint density at radius 1 is 1.24 bits per heavy atom. The van der Waals surface area contributed by atoms with E-state index < -0.39 is 8.32 Å². The number of halogens is 1. The highest BCUT2D eigenvalue weighted by Gasteiger charge is 2.39. The molecule has 0 fully saturated rings. The number of hydrogen-bond donors (Lipinski definition) is 1. The molecule has 2 nitrogen and oxygen atoms in total. The summed E-state index contributed by atoms with van der Waals surface area (Å²) in [5.41, 5.74) is 0.988. The van der Waals surface area contributed by atoms with Crippen LogP contribution in [0.25, 0.3) is 0 Å². The minimum absolute atomic E-state index is 0.0436. The molecule has 0 saturated carbocycles. The first kappa shape index (κ1) is 14.4. The van der Waals surface area contributed by atoms with Crippen LogP contribution in [0.15, 0.2) is 12.1 Å². The van der Waals surface area contributed by atoms with Gasteiger partial charge in [-0.2, -0.15) is 0 Å². The Bertz CT molecular complexity index is 422. The minimum atomic E-state index is -1.94. The number of phenolic OH excluding ortho intramolecular Hbond substituents is 1. The number of benzene rings is 1. The van der Waals surface area contributed by atoms with Crippen molar-refractivity contribution >= 4 is 19.9 Å². The van der Waals surface area contributed by atoms with Crippen LogP contribution in [0, 0.1) is 6.92 Å². The van der Waals surface area contributed by atoms with Gasteiger partial charge in [-0.3, -0.25) is 0 Å². The largest absolute Gasteiger partial charge is 0.541 e. The van der Waals surface area contributed by atoms with Crippen LogP contribution in [0.1, 0.15) is 26.3 Å². The van der Waals surface area contributed by atoms with Gasteiger partial charge in [0.05, 0.1) is 5.02 Å². The fourth-order valence-electron chi connectivity index (χ4n) is 1.21. The van der Waals surface area contributed by atoms with Crippen molar-refractivity contribution in [2.75, 3.05) is 0 Å². The first-order valence-electron chi connectivity index (χ1n) is 5.73. The maximum atomic E-state index is 9.92. The average Bonchev–Trinajstić information content (AvgIpc) is 2.11. The highest BCUT2D eigenvalue weighted by atomic mass is 35.5. The molecular formula is C13H21ClO2Si. The SMILES string of the molecule is Cc1cc(Cl)c(O)c(O[Si](C)(C)C(C)(C)C)c1. The lowest BCUT2D eigenvalue weighted by molar-refractivity contribution is 0.422. The molecule has 0 unspecified atom stereocenters. The van der Waals surface area contributed by atoms with Crippen molar-refractivity contribution in [2.45, 2.75) is 45.8 Å². The predicted octanol–water partition coefficient (Wildman–Crippen LogP) is 4.74. The number of aryl methyl sites for hydroxylation is 1. The van der Waals surface area contributed by atoms with Crippen molar-refractivity contribution in [3.63, 3.8) is 0 Å². The lowest BCUT2D eigenvalue weighted by atomic mass is 10.2. The molecule has 0 atom stereocenters. The third kappa shape index (κ3) is 3.17. The Kier molecular flexibility index (Phi) is 3.84. The van der Waals surface area contributed by atoms with Crippen LogP contribution in [0.2, 0.25) is 23.2 Å². The fraction of sp³-hybridized carbons (Fsp3) is 0.538. The van der Waals surface area contributed by atoms with Crippen molar-refractivity contribution in [3.8, 4) is 11.5 Å². The van der Waals surface area contributed by atoms with Crippen LogP contribution in [-0.2, 0) is 0 Å². The molecule has 0 aliphatic rings. The van der Waals surface area contributed by atoms with Gasteiger partial charge in [-0.1, -0.05) is 32.4 Å². The molecule has 0 aliphatic heterocycles. The van der Waals surface area contributed by atoms with Crippen molar-refractivity contribution in [2.24, 2.45) is 0 Å². The van der Waals surface area contributed by atoms with Crippen molar-refractivity contribution in [1.82, 2.24) is 0 Å². The van der Waals surface area contributed by atoms with Gasteiger partial charge in [-0.05, 0) is 42.8 Å². The molecule has 1 aromatic rings. The number of hydrogen-bond acceptors (Lipinski definition) is 2. The Morgan fingerprint density at radius 3 is 2.24 bits per heavy atom. The Balaban J connectivity index is 3.12. The summed E-state index contributed by atoms with van der Waals surface area (Å²) in [6, 6.07) is 3.57. The highest BCUT2D eigenvalue weighted by molar-refractivity contribution is 6.74. The number of rotatable bonds is 2. The summed E-state index contributed by atoms with van der Waals surface area (Å²) in [6.45, 7) is 12.7. The predicted molar refractivity (Wildman–Crippen MR) is 75.7 cm³/mol. The molecule has 0 saturated heterocycles. The minimum Gasteiger partial charge on any atom is -0.541 e. The zero-order valence-corrected chi connectivity index (χ0v) is 13.1. The van der Waals surface area contributed by atoms with Gasteiger partial charge in [0.25, 0.3) is 8.32 Å². The van der Waals surface area contributed by atoms with E-state index in [1.54, 1.807) is 6.07 Å². The maximum absolute atomic E-state index is 9.92. The van der Waals surface area contributed by atoms with E-state index in [0.717, 1.165) is 5.56 Å². The molecule has 1 N–H and O–H groups in total. The van der Waals surface area contributed by atoms with Crippen LogP contribution in [-0.4, -0.2) is 13.4 Å². The zero-order valence-electron chi connectivity index (χ0n) is 11.4. The van der Waals surface area contributed by atoms with Crippen LogP contribution >= 0.6 is 11.6 Å². The molecule has 0 bridgehead atoms. The van der Waals surface area contributed by atoms with E-state index in [1.165, 1.54) is 0 Å². The van der Waals surface area contributed by atoms with Gasteiger partial charge in [0.15, 0.2) is 5.75 Å². The molecule has 0 amide bonds. The average molecular weight is 273 g/mol. The number of aromatic hydroxyl groups is 1. The third-order valence-corrected chi connectivity index (χ3v) is 7.97. The standard InChI is InChI=1S/C13H21ClO2Si/c1-9-7-10(14)12(15)11(8-9)16-17(5,6)13(2,3)4/h7-8,15H,1-6H3. The van der Waals surface area contributed by atoms with Crippen LogP contribution in [0.5, 0.6) is 11.5 Å². The lowest BCUT2D eigenvalue weighted by Crippen LogP contribution is -2.43. The summed E-state index contributed by atoms with van der Waals surface area (Å²) in [5.74, 6) is 0.545. The summed E-state index contributed by atoms with van der Waals surface area (Å²) >= 11 is 5.95. The van der Waals surface area contributed by atoms with E-state index in [1.807, 2.05) is 13.0 Å². The molecule has 96 valence electrons. The van der Waals surface area contributed by atoms with E-state index in [0.29, 0.717) is 10.8 Å². The van der Waals surface area contributed by atoms with E-state index in [9.17, 15) is 5.11 Å². The molecule has 0 spiro atoms. The van der Waals surface area contributed by atoms with Gasteiger partial charge in [0, 0.05) is 0 Å². The van der Waals surface area contributed by atoms with Crippen LogP contribution in [0.3, 0.4) is 0 Å². The molecule has 0 heterocycles. The van der Waals surface area contributed by atoms with Gasteiger partial charge in [0.1, 0.15) is 5.75 Å². The molecule has 1 aromatic carbocycles. The Morgan fingerprint density at radius 2 is 1.76 bits per heavy atom. The second kappa shape index (κ2) is 4.54. The molecule has 0 aromatic heterocycles. The first-order valence-corrected chi connectivity index (χ1v) is 9.01. The highest BCUT2D eigenvalue weighted by Crippen LogP contribution is 2.42. The van der Waals surface area contributed by atoms with Gasteiger partial charge < -0.3 is 9.53 Å². The smallest absolute Gasteiger partial charge is 0.250 e. The second-order valence-corrected chi connectivity index (χ2v) is 11.1. The van der Waals surface area contributed by atoms with E-state index in [2.05, 4.69) is 33.9 Å². The molecule has 1 rings (SSSR count). The van der Waals surface area contributed by atoms with Crippen LogP contribution in [0.4, 0.5) is 0 Å². The fourth-order valence-corrected chi connectivity index (χ4v) is 2.49. The van der Waals surface area contributed by atoms with Crippen molar-refractivity contribution in [3.05, 3.63) is 22.7 Å². The molecule has 0 aliphatic carbocycles. The molecule has 4 heteroatoms. The van der Waals surface area contributed by atoms with Crippen molar-refractivity contribution < 1.29 is 9.53 Å². The first-order chi connectivity index (χ1) is 7.54. The molecule has 0 radical (unpaired) electrons. The van der Waals surface area contributed by atoms with Gasteiger partial charge >= 0.3 is 0 Å². The van der Waals surface area contributed by atoms with Gasteiger partial charge in [0.2, 0.25) is 0 Å². The third-order valence-electron chi connectivity index (χ3n) is 3.34. The molecular weight excluding hydrogens is 252 g/mol. The van der Waals surface area contributed by atoms with Gasteiger partial charge in [-0.15, -0.1) is 0 Å². The van der Waals surface area contributed by atoms with E-state index in [-0.39, 0.29) is 10.8 Å². The van der Waals surface area contributed by atoms with Crippen LogP contribution < -0.4 is 4.43 Å². The molecule has 17 heavy (non-hydrogen) atoms. The summed E-state index contributed by atoms with van der Waals surface area (Å²) < 4.78 is 6.06. The normalized spacial score (nSPS) is 12.6. The summed E-state index contributed by atoms with van der Waals surface area (Å²) in [7, 11) is -1.94. The van der Waals surface area contributed by atoms with Gasteiger partial charge in [-0.25, -0.2) is 0 Å². The van der Waals surface area contributed by atoms with E-state index in [4.69, 9.17) is 16.0 Å². The maximum Gasteiger partial charge on any atom is 0.250 e.